The molecule has 24 heavy (non-hydrogen) atoms. The number of nitrogens with zero attached hydrogens (tertiary/aromatic N) is 2. The minimum atomic E-state index is 0.0606. The van der Waals surface area contributed by atoms with E-state index in [0.717, 1.165) is 30.8 Å². The van der Waals surface area contributed by atoms with E-state index in [-0.39, 0.29) is 11.9 Å². The molecule has 1 aliphatic heterocycles. The first-order valence-electron chi connectivity index (χ1n) is 8.53. The summed E-state index contributed by atoms with van der Waals surface area (Å²) in [6.45, 7) is 3.49. The van der Waals surface area contributed by atoms with Gasteiger partial charge in [0, 0.05) is 31.0 Å². The van der Waals surface area contributed by atoms with Crippen LogP contribution in [0.3, 0.4) is 0 Å². The van der Waals surface area contributed by atoms with Gasteiger partial charge in [-0.25, -0.2) is 4.98 Å². The van der Waals surface area contributed by atoms with E-state index in [0.29, 0.717) is 18.2 Å². The molecule has 0 aliphatic carbocycles. The van der Waals surface area contributed by atoms with Gasteiger partial charge in [-0.3, -0.25) is 4.79 Å². The first kappa shape index (κ1) is 17.1. The van der Waals surface area contributed by atoms with Crippen molar-refractivity contribution in [2.75, 3.05) is 13.7 Å². The maximum Gasteiger partial charge on any atom is 0.273 e. The fraction of sp³-hybridized carbons (Fsp3) is 0.474. The fourth-order valence-electron chi connectivity index (χ4n) is 3.64. The van der Waals surface area contributed by atoms with Crippen LogP contribution in [-0.4, -0.2) is 35.5 Å². The van der Waals surface area contributed by atoms with Crippen molar-refractivity contribution in [3.8, 4) is 0 Å². The molecule has 0 N–H and O–H groups in total. The van der Waals surface area contributed by atoms with Crippen LogP contribution in [0, 0.1) is 0 Å². The molecule has 1 saturated heterocycles. The SMILES string of the molecule is CC[C@H](c1ccccc1)[C@H]1CCCN1C(=O)c1csc(COC)n1. The maximum atomic E-state index is 13.0. The summed E-state index contributed by atoms with van der Waals surface area (Å²) in [5.74, 6) is 0.445. The zero-order valence-electron chi connectivity index (χ0n) is 14.3. The third kappa shape index (κ3) is 3.52. The molecule has 1 aromatic carbocycles. The number of carbonyl (C=O) groups excluding carboxylic acids is 1. The summed E-state index contributed by atoms with van der Waals surface area (Å²) in [5, 5.41) is 2.71. The number of benzene rings is 1. The van der Waals surface area contributed by atoms with Crippen molar-refractivity contribution in [1.82, 2.24) is 9.88 Å². The number of aromatic nitrogens is 1. The Morgan fingerprint density at radius 3 is 2.92 bits per heavy atom. The average Bonchev–Trinajstić information content (AvgIpc) is 3.26. The molecule has 128 valence electrons. The van der Waals surface area contributed by atoms with E-state index in [1.165, 1.54) is 16.9 Å². The van der Waals surface area contributed by atoms with Crippen LogP contribution in [-0.2, 0) is 11.3 Å². The number of ether oxygens (including phenoxy) is 1. The van der Waals surface area contributed by atoms with Crippen LogP contribution in [0.5, 0.6) is 0 Å². The zero-order valence-corrected chi connectivity index (χ0v) is 15.1. The van der Waals surface area contributed by atoms with Gasteiger partial charge in [-0.2, -0.15) is 0 Å². The van der Waals surface area contributed by atoms with Crippen molar-refractivity contribution < 1.29 is 9.53 Å². The van der Waals surface area contributed by atoms with Gasteiger partial charge >= 0.3 is 0 Å². The molecule has 0 saturated carbocycles. The van der Waals surface area contributed by atoms with Crippen LogP contribution >= 0.6 is 11.3 Å². The third-order valence-electron chi connectivity index (χ3n) is 4.73. The van der Waals surface area contributed by atoms with Crippen LogP contribution in [0.25, 0.3) is 0 Å². The number of amides is 1. The van der Waals surface area contributed by atoms with Gasteiger partial charge in [-0.05, 0) is 24.8 Å². The standard InChI is InChI=1S/C19H24N2O2S/c1-3-15(14-8-5-4-6-9-14)17-10-7-11-21(17)19(22)16-13-24-18(20-16)12-23-2/h4-6,8-9,13,15,17H,3,7,10-12H2,1-2H3/t15-,17-/m1/s1. The molecule has 0 spiro atoms. The molecule has 2 atom stereocenters. The Morgan fingerprint density at radius 2 is 2.21 bits per heavy atom. The lowest BCUT2D eigenvalue weighted by Crippen LogP contribution is -2.39. The van der Waals surface area contributed by atoms with E-state index in [1.54, 1.807) is 7.11 Å². The van der Waals surface area contributed by atoms with E-state index >= 15 is 0 Å². The second kappa shape index (κ2) is 7.90. The second-order valence-corrected chi connectivity index (χ2v) is 7.14. The Balaban J connectivity index is 1.80. The highest BCUT2D eigenvalue weighted by Crippen LogP contribution is 2.34. The Hall–Kier alpha value is -1.72. The predicted octanol–water partition coefficient (Wildman–Crippen LogP) is 4.09. The lowest BCUT2D eigenvalue weighted by molar-refractivity contribution is 0.0708. The van der Waals surface area contributed by atoms with Crippen molar-refractivity contribution in [3.63, 3.8) is 0 Å². The Kier molecular flexibility index (Phi) is 5.63. The molecule has 1 aromatic heterocycles. The number of hydrogen-bond donors (Lipinski definition) is 0. The van der Waals surface area contributed by atoms with Gasteiger partial charge < -0.3 is 9.64 Å². The molecule has 3 rings (SSSR count). The molecule has 2 aromatic rings. The average molecular weight is 344 g/mol. The van der Waals surface area contributed by atoms with Crippen LogP contribution in [0.2, 0.25) is 0 Å². The first-order valence-corrected chi connectivity index (χ1v) is 9.41. The Morgan fingerprint density at radius 1 is 1.42 bits per heavy atom. The smallest absolute Gasteiger partial charge is 0.273 e. The summed E-state index contributed by atoms with van der Waals surface area (Å²) in [6, 6.07) is 10.8. The minimum absolute atomic E-state index is 0.0606. The monoisotopic (exact) mass is 344 g/mol. The second-order valence-electron chi connectivity index (χ2n) is 6.19. The molecule has 0 radical (unpaired) electrons. The molecular formula is C19H24N2O2S. The molecular weight excluding hydrogens is 320 g/mol. The summed E-state index contributed by atoms with van der Waals surface area (Å²) < 4.78 is 5.10. The van der Waals surface area contributed by atoms with Gasteiger partial charge in [-0.15, -0.1) is 11.3 Å². The van der Waals surface area contributed by atoms with Crippen LogP contribution in [0.4, 0.5) is 0 Å². The molecule has 1 fully saturated rings. The van der Waals surface area contributed by atoms with Gasteiger partial charge in [0.25, 0.3) is 5.91 Å². The maximum absolute atomic E-state index is 13.0. The van der Waals surface area contributed by atoms with Crippen LogP contribution in [0.1, 0.15) is 53.2 Å². The van der Waals surface area contributed by atoms with Crippen LogP contribution in [0.15, 0.2) is 35.7 Å². The van der Waals surface area contributed by atoms with Crippen molar-refractivity contribution in [2.24, 2.45) is 0 Å². The van der Waals surface area contributed by atoms with Crippen LogP contribution < -0.4 is 0 Å². The Labute approximate surface area is 147 Å². The molecule has 0 unspecified atom stereocenters. The summed E-state index contributed by atoms with van der Waals surface area (Å²) in [7, 11) is 1.64. The van der Waals surface area contributed by atoms with E-state index in [1.807, 2.05) is 16.3 Å². The fourth-order valence-corrected chi connectivity index (χ4v) is 4.38. The highest BCUT2D eigenvalue weighted by atomic mass is 32.1. The normalized spacial score (nSPS) is 18.8. The van der Waals surface area contributed by atoms with E-state index < -0.39 is 0 Å². The number of thiazole rings is 1. The number of hydrogen-bond acceptors (Lipinski definition) is 4. The first-order chi connectivity index (χ1) is 11.7. The number of carbonyl (C=O) groups is 1. The molecule has 0 bridgehead atoms. The van der Waals surface area contributed by atoms with E-state index in [2.05, 4.69) is 36.2 Å². The zero-order chi connectivity index (χ0) is 16.9. The molecule has 5 heteroatoms. The van der Waals surface area contributed by atoms with Gasteiger partial charge in [0.15, 0.2) is 0 Å². The number of rotatable bonds is 6. The summed E-state index contributed by atoms with van der Waals surface area (Å²) in [6.07, 6.45) is 3.16. The largest absolute Gasteiger partial charge is 0.378 e. The highest BCUT2D eigenvalue weighted by Gasteiger charge is 2.35. The quantitative estimate of drug-likeness (QED) is 0.793. The number of methoxy groups -OCH3 is 1. The van der Waals surface area contributed by atoms with E-state index in [9.17, 15) is 4.79 Å². The van der Waals surface area contributed by atoms with Gasteiger partial charge in [0.2, 0.25) is 0 Å². The van der Waals surface area contributed by atoms with Gasteiger partial charge in [0.1, 0.15) is 10.7 Å². The van der Waals surface area contributed by atoms with Gasteiger partial charge in [-0.1, -0.05) is 37.3 Å². The number of likely N-dealkylation sites (tertiary alicyclic amines) is 1. The van der Waals surface area contributed by atoms with Crippen molar-refractivity contribution in [2.45, 2.75) is 44.8 Å². The van der Waals surface area contributed by atoms with Crippen molar-refractivity contribution in [1.29, 1.82) is 0 Å². The van der Waals surface area contributed by atoms with Crippen molar-refractivity contribution in [3.05, 3.63) is 52.0 Å². The summed E-state index contributed by atoms with van der Waals surface area (Å²) in [4.78, 5) is 19.4. The van der Waals surface area contributed by atoms with Crippen molar-refractivity contribution >= 4 is 17.2 Å². The topological polar surface area (TPSA) is 42.4 Å². The molecule has 1 amide bonds. The third-order valence-corrected chi connectivity index (χ3v) is 5.55. The summed E-state index contributed by atoms with van der Waals surface area (Å²) in [5.41, 5.74) is 1.88. The molecule has 4 nitrogen and oxygen atoms in total. The van der Waals surface area contributed by atoms with Gasteiger partial charge in [0.05, 0.1) is 6.61 Å². The predicted molar refractivity (Wildman–Crippen MR) is 96.4 cm³/mol. The molecule has 2 heterocycles. The minimum Gasteiger partial charge on any atom is -0.378 e. The molecule has 1 aliphatic rings. The Bertz CT molecular complexity index is 671. The summed E-state index contributed by atoms with van der Waals surface area (Å²) >= 11 is 1.49. The lowest BCUT2D eigenvalue weighted by atomic mass is 9.87. The van der Waals surface area contributed by atoms with E-state index in [4.69, 9.17) is 4.74 Å². The highest BCUT2D eigenvalue weighted by molar-refractivity contribution is 7.09. The lowest BCUT2D eigenvalue weighted by Gasteiger charge is -2.31.